The van der Waals surface area contributed by atoms with Crippen LogP contribution in [0.2, 0.25) is 5.02 Å². The monoisotopic (exact) mass is 532 g/mol. The molecule has 0 saturated carbocycles. The number of carbonyl (C=O) groups is 1. The number of rotatable bonds is 10. The summed E-state index contributed by atoms with van der Waals surface area (Å²) in [4.78, 5) is 14.8. The maximum atomic E-state index is 12.5. The quantitative estimate of drug-likeness (QED) is 0.154. The van der Waals surface area contributed by atoms with E-state index >= 15 is 0 Å². The Morgan fingerprint density at radius 2 is 1.68 bits per heavy atom. The Kier molecular flexibility index (Phi) is 8.98. The summed E-state index contributed by atoms with van der Waals surface area (Å²) in [5.74, 6) is 0.595. The lowest BCUT2D eigenvalue weighted by molar-refractivity contribution is -0.118. The van der Waals surface area contributed by atoms with Gasteiger partial charge in [0.2, 0.25) is 0 Å². The maximum absolute atomic E-state index is 12.5. The van der Waals surface area contributed by atoms with Crippen LogP contribution in [0.3, 0.4) is 0 Å². The van der Waals surface area contributed by atoms with Crippen molar-refractivity contribution in [1.29, 1.82) is 0 Å². The number of aromatic nitrogens is 3. The van der Waals surface area contributed by atoms with E-state index in [1.165, 1.54) is 11.8 Å². The third-order valence-corrected chi connectivity index (χ3v) is 6.97. The fourth-order valence-electron chi connectivity index (χ4n) is 3.78. The molecule has 4 rings (SSSR count). The van der Waals surface area contributed by atoms with Gasteiger partial charge >= 0.3 is 0 Å². The first-order chi connectivity index (χ1) is 18.0. The summed E-state index contributed by atoms with van der Waals surface area (Å²) in [7, 11) is 0. The van der Waals surface area contributed by atoms with Gasteiger partial charge < -0.3 is 4.90 Å². The van der Waals surface area contributed by atoms with Crippen LogP contribution in [0.5, 0.6) is 0 Å². The van der Waals surface area contributed by atoms with Crippen LogP contribution < -0.4 is 10.3 Å². The molecule has 0 saturated heterocycles. The molecule has 4 aromatic rings. The number of benzene rings is 3. The van der Waals surface area contributed by atoms with E-state index in [1.807, 2.05) is 72.2 Å². The fourth-order valence-corrected chi connectivity index (χ4v) is 4.65. The van der Waals surface area contributed by atoms with E-state index in [-0.39, 0.29) is 11.7 Å². The van der Waals surface area contributed by atoms with Crippen LogP contribution in [-0.2, 0) is 4.79 Å². The van der Waals surface area contributed by atoms with E-state index in [0.717, 1.165) is 41.2 Å². The summed E-state index contributed by atoms with van der Waals surface area (Å²) in [5, 5.41) is 14.1. The molecule has 0 radical (unpaired) electrons. The molecule has 1 aromatic heterocycles. The topological polar surface area (TPSA) is 75.4 Å². The Morgan fingerprint density at radius 3 is 2.32 bits per heavy atom. The van der Waals surface area contributed by atoms with Crippen molar-refractivity contribution in [3.63, 3.8) is 0 Å². The van der Waals surface area contributed by atoms with Gasteiger partial charge in [0.15, 0.2) is 11.0 Å². The summed E-state index contributed by atoms with van der Waals surface area (Å²) in [5.41, 5.74) is 7.62. The standard InChI is InChI=1S/C28H29ClN6OS/c1-4-34(5-2)24-14-8-21(9-15-24)18-30-31-26(36)19-37-28-33-32-27(22-10-6-20(3)7-11-22)35(28)25-16-12-23(29)13-17-25/h6-18H,4-5,19H2,1-3H3,(H,31,36)/b30-18+. The van der Waals surface area contributed by atoms with Gasteiger partial charge in [0.05, 0.1) is 12.0 Å². The van der Waals surface area contributed by atoms with Crippen LogP contribution in [0.1, 0.15) is 25.0 Å². The highest BCUT2D eigenvalue weighted by molar-refractivity contribution is 7.99. The highest BCUT2D eigenvalue weighted by Gasteiger charge is 2.17. The second-order valence-electron chi connectivity index (χ2n) is 8.33. The van der Waals surface area contributed by atoms with Gasteiger partial charge in [-0.2, -0.15) is 5.10 Å². The maximum Gasteiger partial charge on any atom is 0.250 e. The molecule has 0 fully saturated rings. The van der Waals surface area contributed by atoms with Crippen LogP contribution in [-0.4, -0.2) is 45.7 Å². The third kappa shape index (κ3) is 6.78. The van der Waals surface area contributed by atoms with E-state index in [1.54, 1.807) is 6.21 Å². The molecule has 37 heavy (non-hydrogen) atoms. The third-order valence-electron chi connectivity index (χ3n) is 5.78. The van der Waals surface area contributed by atoms with Crippen LogP contribution >= 0.6 is 23.4 Å². The number of halogens is 1. The van der Waals surface area contributed by atoms with Crippen molar-refractivity contribution in [2.75, 3.05) is 23.7 Å². The van der Waals surface area contributed by atoms with Crippen LogP contribution in [0, 0.1) is 6.92 Å². The predicted molar refractivity (Wildman–Crippen MR) is 153 cm³/mol. The lowest BCUT2D eigenvalue weighted by Crippen LogP contribution is -2.21. The van der Waals surface area contributed by atoms with Crippen molar-refractivity contribution in [3.8, 4) is 17.1 Å². The summed E-state index contributed by atoms with van der Waals surface area (Å²) in [6.07, 6.45) is 1.64. The Hall–Kier alpha value is -3.62. The van der Waals surface area contributed by atoms with Crippen molar-refractivity contribution in [1.82, 2.24) is 20.2 Å². The Labute approximate surface area is 226 Å². The van der Waals surface area contributed by atoms with Gasteiger partial charge in [-0.25, -0.2) is 5.43 Å². The molecule has 7 nitrogen and oxygen atoms in total. The van der Waals surface area contributed by atoms with Crippen LogP contribution in [0.4, 0.5) is 5.69 Å². The van der Waals surface area contributed by atoms with Gasteiger partial charge in [-0.15, -0.1) is 10.2 Å². The highest BCUT2D eigenvalue weighted by Crippen LogP contribution is 2.28. The zero-order valence-electron chi connectivity index (χ0n) is 21.1. The second-order valence-corrected chi connectivity index (χ2v) is 9.71. The van der Waals surface area contributed by atoms with E-state index in [4.69, 9.17) is 11.6 Å². The molecule has 0 bridgehead atoms. The number of carbonyl (C=O) groups excluding carboxylic acids is 1. The van der Waals surface area contributed by atoms with Crippen molar-refractivity contribution in [2.24, 2.45) is 5.10 Å². The van der Waals surface area contributed by atoms with Crippen molar-refractivity contribution < 1.29 is 4.79 Å². The number of amides is 1. The lowest BCUT2D eigenvalue weighted by Gasteiger charge is -2.20. The van der Waals surface area contributed by atoms with E-state index < -0.39 is 0 Å². The molecule has 0 aliphatic heterocycles. The molecule has 0 aliphatic rings. The van der Waals surface area contributed by atoms with Gasteiger partial charge in [-0.3, -0.25) is 9.36 Å². The Balaban J connectivity index is 1.44. The van der Waals surface area contributed by atoms with Gasteiger partial charge in [0, 0.05) is 35.1 Å². The zero-order valence-corrected chi connectivity index (χ0v) is 22.6. The smallest absolute Gasteiger partial charge is 0.250 e. The van der Waals surface area contributed by atoms with E-state index in [9.17, 15) is 4.79 Å². The average Bonchev–Trinajstić information content (AvgIpc) is 3.34. The predicted octanol–water partition coefficient (Wildman–Crippen LogP) is 5.98. The van der Waals surface area contributed by atoms with Gasteiger partial charge in [0.1, 0.15) is 0 Å². The first kappa shape index (κ1) is 26.4. The molecule has 1 heterocycles. The Morgan fingerprint density at radius 1 is 1.00 bits per heavy atom. The van der Waals surface area contributed by atoms with E-state index in [0.29, 0.717) is 16.0 Å². The molecular weight excluding hydrogens is 504 g/mol. The summed E-state index contributed by atoms with van der Waals surface area (Å²) in [6, 6.07) is 23.6. The van der Waals surface area contributed by atoms with E-state index in [2.05, 4.69) is 51.6 Å². The molecule has 1 amide bonds. The molecule has 1 N–H and O–H groups in total. The number of nitrogens with one attached hydrogen (secondary N) is 1. The average molecular weight is 533 g/mol. The number of aryl methyl sites for hydroxylation is 1. The van der Waals surface area contributed by atoms with Gasteiger partial charge in [-0.1, -0.05) is 65.3 Å². The van der Waals surface area contributed by atoms with Gasteiger partial charge in [-0.05, 0) is 62.7 Å². The Bertz CT molecular complexity index is 1350. The van der Waals surface area contributed by atoms with Crippen molar-refractivity contribution in [3.05, 3.63) is 88.9 Å². The minimum absolute atomic E-state index is 0.137. The number of hydrazone groups is 1. The molecule has 190 valence electrons. The van der Waals surface area contributed by atoms with Crippen molar-refractivity contribution in [2.45, 2.75) is 25.9 Å². The van der Waals surface area contributed by atoms with Gasteiger partial charge in [0.25, 0.3) is 5.91 Å². The fraction of sp³-hybridized carbons (Fsp3) is 0.214. The zero-order chi connectivity index (χ0) is 26.2. The number of hydrogen-bond acceptors (Lipinski definition) is 6. The first-order valence-corrected chi connectivity index (χ1v) is 13.4. The molecule has 0 atom stereocenters. The number of thioether (sulfide) groups is 1. The molecule has 0 aliphatic carbocycles. The van der Waals surface area contributed by atoms with Crippen LogP contribution in [0.15, 0.2) is 83.1 Å². The first-order valence-electron chi connectivity index (χ1n) is 12.1. The molecule has 9 heteroatoms. The number of hydrogen-bond donors (Lipinski definition) is 1. The van der Waals surface area contributed by atoms with Crippen LogP contribution in [0.25, 0.3) is 17.1 Å². The summed E-state index contributed by atoms with van der Waals surface area (Å²) >= 11 is 7.40. The van der Waals surface area contributed by atoms with Crippen molar-refractivity contribution >= 4 is 41.2 Å². The SMILES string of the molecule is CCN(CC)c1ccc(/C=N/NC(=O)CSc2nnc(-c3ccc(C)cc3)n2-c2ccc(Cl)cc2)cc1. The number of anilines is 1. The normalized spacial score (nSPS) is 11.1. The molecule has 0 spiro atoms. The summed E-state index contributed by atoms with van der Waals surface area (Å²) < 4.78 is 1.93. The molecule has 0 unspecified atom stereocenters. The molecule has 3 aromatic carbocycles. The minimum Gasteiger partial charge on any atom is -0.372 e. The second kappa shape index (κ2) is 12.6. The summed E-state index contributed by atoms with van der Waals surface area (Å²) in [6.45, 7) is 8.21. The highest BCUT2D eigenvalue weighted by atomic mass is 35.5. The largest absolute Gasteiger partial charge is 0.372 e. The molecular formula is C28H29ClN6OS. The minimum atomic E-state index is -0.233. The number of nitrogens with zero attached hydrogens (tertiary/aromatic N) is 5. The lowest BCUT2D eigenvalue weighted by atomic mass is 10.1.